The highest BCUT2D eigenvalue weighted by Crippen LogP contribution is 2.25. The maximum atomic E-state index is 5.99. The van der Waals surface area contributed by atoms with Crippen LogP contribution in [0.1, 0.15) is 11.3 Å². The van der Waals surface area contributed by atoms with Crippen LogP contribution in [0.5, 0.6) is 0 Å². The Bertz CT molecular complexity index is 867. The van der Waals surface area contributed by atoms with Gasteiger partial charge in [0.15, 0.2) is 0 Å². The molecule has 1 aliphatic rings. The lowest BCUT2D eigenvalue weighted by atomic mass is 10.1. The molecule has 2 heterocycles. The quantitative estimate of drug-likeness (QED) is 0.625. The number of aryl methyl sites for hydroxylation is 1. The lowest BCUT2D eigenvalue weighted by Gasteiger charge is -2.35. The summed E-state index contributed by atoms with van der Waals surface area (Å²) in [6.07, 6.45) is 0. The molecule has 1 aliphatic heterocycles. The van der Waals surface area contributed by atoms with Crippen LogP contribution in [0, 0.1) is 6.92 Å². The van der Waals surface area contributed by atoms with Gasteiger partial charge >= 0.3 is 0 Å². The second kappa shape index (κ2) is 7.78. The summed E-state index contributed by atoms with van der Waals surface area (Å²) in [4.78, 5) is 9.76. The van der Waals surface area contributed by atoms with Crippen molar-refractivity contribution in [2.45, 2.75) is 13.5 Å². The molecule has 0 amide bonds. The highest BCUT2D eigenvalue weighted by Gasteiger charge is 2.18. The van der Waals surface area contributed by atoms with E-state index in [0.29, 0.717) is 0 Å². The number of piperazine rings is 1. The standard InChI is InChI=1S/C21H22ClN3S/c1-16-3-2-4-17(13-16)21-23-19(15-26-21)14-24-9-11-25(12-10-24)20-7-5-18(22)6-8-20/h2-8,13,15H,9-12,14H2,1H3. The van der Waals surface area contributed by atoms with E-state index in [1.165, 1.54) is 22.5 Å². The number of hydrogen-bond acceptors (Lipinski definition) is 4. The van der Waals surface area contributed by atoms with E-state index in [1.54, 1.807) is 11.3 Å². The third-order valence-corrected chi connectivity index (χ3v) is 5.96. The van der Waals surface area contributed by atoms with Gasteiger partial charge in [-0.2, -0.15) is 0 Å². The first kappa shape index (κ1) is 17.5. The van der Waals surface area contributed by atoms with Gasteiger partial charge in [-0.15, -0.1) is 11.3 Å². The summed E-state index contributed by atoms with van der Waals surface area (Å²) in [7, 11) is 0. The maximum absolute atomic E-state index is 5.99. The Kier molecular flexibility index (Phi) is 5.25. The van der Waals surface area contributed by atoms with Crippen LogP contribution in [-0.4, -0.2) is 36.1 Å². The van der Waals surface area contributed by atoms with Gasteiger partial charge in [0.2, 0.25) is 0 Å². The van der Waals surface area contributed by atoms with Crippen molar-refractivity contribution in [1.29, 1.82) is 0 Å². The van der Waals surface area contributed by atoms with Crippen LogP contribution < -0.4 is 4.90 Å². The van der Waals surface area contributed by atoms with Crippen LogP contribution >= 0.6 is 22.9 Å². The summed E-state index contributed by atoms with van der Waals surface area (Å²) in [5.74, 6) is 0. The monoisotopic (exact) mass is 383 g/mol. The molecule has 0 bridgehead atoms. The molecule has 3 nitrogen and oxygen atoms in total. The molecule has 2 aromatic carbocycles. The first-order chi connectivity index (χ1) is 12.7. The third kappa shape index (κ3) is 4.09. The molecule has 1 fully saturated rings. The molecule has 3 aromatic rings. The third-order valence-electron chi connectivity index (χ3n) is 4.77. The molecule has 1 aromatic heterocycles. The van der Waals surface area contributed by atoms with Crippen molar-refractivity contribution in [3.63, 3.8) is 0 Å². The van der Waals surface area contributed by atoms with Crippen LogP contribution in [0.3, 0.4) is 0 Å². The highest BCUT2D eigenvalue weighted by atomic mass is 35.5. The average Bonchev–Trinajstić information content (AvgIpc) is 3.12. The molecular formula is C21H22ClN3S. The first-order valence-electron chi connectivity index (χ1n) is 8.92. The Morgan fingerprint density at radius 3 is 2.54 bits per heavy atom. The number of halogens is 1. The van der Waals surface area contributed by atoms with Crippen LogP contribution in [0.25, 0.3) is 10.6 Å². The Balaban J connectivity index is 1.35. The van der Waals surface area contributed by atoms with Gasteiger partial charge in [-0.3, -0.25) is 4.90 Å². The van der Waals surface area contributed by atoms with Crippen molar-refractivity contribution in [3.05, 3.63) is 70.2 Å². The van der Waals surface area contributed by atoms with E-state index in [1.807, 2.05) is 12.1 Å². The minimum atomic E-state index is 0.792. The second-order valence-electron chi connectivity index (χ2n) is 6.75. The summed E-state index contributed by atoms with van der Waals surface area (Å²) >= 11 is 7.72. The number of rotatable bonds is 4. The summed E-state index contributed by atoms with van der Waals surface area (Å²) < 4.78 is 0. The van der Waals surface area contributed by atoms with Gasteiger partial charge in [-0.05, 0) is 37.3 Å². The van der Waals surface area contributed by atoms with E-state index in [9.17, 15) is 0 Å². The fourth-order valence-electron chi connectivity index (χ4n) is 3.34. The molecule has 26 heavy (non-hydrogen) atoms. The molecular weight excluding hydrogens is 362 g/mol. The molecule has 0 spiro atoms. The van der Waals surface area contributed by atoms with E-state index in [-0.39, 0.29) is 0 Å². The smallest absolute Gasteiger partial charge is 0.123 e. The van der Waals surface area contributed by atoms with Gasteiger partial charge in [0.05, 0.1) is 5.69 Å². The zero-order valence-electron chi connectivity index (χ0n) is 14.9. The second-order valence-corrected chi connectivity index (χ2v) is 8.05. The predicted octanol–water partition coefficient (Wildman–Crippen LogP) is 5.09. The normalized spacial score (nSPS) is 15.4. The fraction of sp³-hybridized carbons (Fsp3) is 0.286. The maximum Gasteiger partial charge on any atom is 0.123 e. The average molecular weight is 384 g/mol. The number of benzene rings is 2. The largest absolute Gasteiger partial charge is 0.369 e. The van der Waals surface area contributed by atoms with Crippen LogP contribution in [0.15, 0.2) is 53.9 Å². The van der Waals surface area contributed by atoms with Crippen molar-refractivity contribution < 1.29 is 0 Å². The van der Waals surface area contributed by atoms with Crippen LogP contribution in [0.2, 0.25) is 5.02 Å². The molecule has 0 unspecified atom stereocenters. The lowest BCUT2D eigenvalue weighted by molar-refractivity contribution is 0.247. The van der Waals surface area contributed by atoms with Crippen molar-refractivity contribution >= 4 is 28.6 Å². The number of nitrogens with zero attached hydrogens (tertiary/aromatic N) is 3. The highest BCUT2D eigenvalue weighted by molar-refractivity contribution is 7.13. The van der Waals surface area contributed by atoms with E-state index in [2.05, 4.69) is 58.5 Å². The molecule has 0 saturated carbocycles. The minimum absolute atomic E-state index is 0.792. The molecule has 0 atom stereocenters. The van der Waals surface area contributed by atoms with Gasteiger partial charge in [0.25, 0.3) is 0 Å². The molecule has 0 aliphatic carbocycles. The van der Waals surface area contributed by atoms with Gasteiger partial charge in [0.1, 0.15) is 5.01 Å². The fourth-order valence-corrected chi connectivity index (χ4v) is 4.27. The van der Waals surface area contributed by atoms with Gasteiger partial charge < -0.3 is 4.90 Å². The van der Waals surface area contributed by atoms with Crippen molar-refractivity contribution in [3.8, 4) is 10.6 Å². The van der Waals surface area contributed by atoms with E-state index >= 15 is 0 Å². The molecule has 0 N–H and O–H groups in total. The Morgan fingerprint density at radius 1 is 1.04 bits per heavy atom. The Morgan fingerprint density at radius 2 is 1.81 bits per heavy atom. The van der Waals surface area contributed by atoms with Crippen LogP contribution in [0.4, 0.5) is 5.69 Å². The zero-order valence-corrected chi connectivity index (χ0v) is 16.4. The summed E-state index contributed by atoms with van der Waals surface area (Å²) in [5, 5.41) is 4.10. The summed E-state index contributed by atoms with van der Waals surface area (Å²) in [5.41, 5.74) is 4.92. The SMILES string of the molecule is Cc1cccc(-c2nc(CN3CCN(c4ccc(Cl)cc4)CC3)cs2)c1. The van der Waals surface area contributed by atoms with Gasteiger partial charge in [-0.1, -0.05) is 35.4 Å². The molecule has 5 heteroatoms. The van der Waals surface area contributed by atoms with Crippen LogP contribution in [-0.2, 0) is 6.54 Å². The van der Waals surface area contributed by atoms with E-state index in [0.717, 1.165) is 42.8 Å². The molecule has 134 valence electrons. The number of thiazole rings is 1. The van der Waals surface area contributed by atoms with E-state index < -0.39 is 0 Å². The zero-order chi connectivity index (χ0) is 17.9. The van der Waals surface area contributed by atoms with Crippen molar-refractivity contribution in [2.75, 3.05) is 31.1 Å². The summed E-state index contributed by atoms with van der Waals surface area (Å²) in [6, 6.07) is 16.7. The van der Waals surface area contributed by atoms with Crippen molar-refractivity contribution in [1.82, 2.24) is 9.88 Å². The van der Waals surface area contributed by atoms with Gasteiger partial charge in [-0.25, -0.2) is 4.98 Å². The number of anilines is 1. The molecule has 4 rings (SSSR count). The molecule has 0 radical (unpaired) electrons. The minimum Gasteiger partial charge on any atom is -0.369 e. The topological polar surface area (TPSA) is 19.4 Å². The Labute approximate surface area is 163 Å². The van der Waals surface area contributed by atoms with Crippen molar-refractivity contribution in [2.24, 2.45) is 0 Å². The number of hydrogen-bond donors (Lipinski definition) is 0. The number of aromatic nitrogens is 1. The molecule has 1 saturated heterocycles. The summed E-state index contributed by atoms with van der Waals surface area (Å²) in [6.45, 7) is 7.24. The first-order valence-corrected chi connectivity index (χ1v) is 10.2. The van der Waals surface area contributed by atoms with E-state index in [4.69, 9.17) is 16.6 Å². The Hall–Kier alpha value is -1.88. The van der Waals surface area contributed by atoms with Gasteiger partial charge in [0, 0.05) is 54.4 Å². The predicted molar refractivity (Wildman–Crippen MR) is 111 cm³/mol. The lowest BCUT2D eigenvalue weighted by Crippen LogP contribution is -2.46.